The smallest absolute Gasteiger partial charge is 0.162 e. The predicted octanol–water partition coefficient (Wildman–Crippen LogP) is 1.68. The molecular formula is C14H12N4O2. The molecular weight excluding hydrogens is 256 g/mol. The van der Waals surface area contributed by atoms with Crippen molar-refractivity contribution in [3.63, 3.8) is 0 Å². The van der Waals surface area contributed by atoms with Crippen molar-refractivity contribution >= 4 is 5.82 Å². The van der Waals surface area contributed by atoms with Crippen LogP contribution >= 0.6 is 0 Å². The third-order valence-electron chi connectivity index (χ3n) is 2.99. The minimum atomic E-state index is 0.347. The van der Waals surface area contributed by atoms with Gasteiger partial charge in [0, 0.05) is 5.56 Å². The molecule has 0 aliphatic carbocycles. The van der Waals surface area contributed by atoms with Gasteiger partial charge in [-0.15, -0.1) is 0 Å². The van der Waals surface area contributed by atoms with E-state index in [0.717, 1.165) is 11.3 Å². The lowest BCUT2D eigenvalue weighted by molar-refractivity contribution is 0.171. The van der Waals surface area contributed by atoms with Gasteiger partial charge in [0.05, 0.1) is 11.3 Å². The summed E-state index contributed by atoms with van der Waals surface area (Å²) < 4.78 is 11.0. The average molecular weight is 268 g/mol. The number of anilines is 1. The molecule has 3 N–H and O–H groups in total. The number of aromatic nitrogens is 1. The molecule has 1 aliphatic rings. The number of benzene rings is 1. The SMILES string of the molecule is N#Cc1ccc(-c2ccc3c(c2)OCCO3)nc1NN. The number of nitrogens with zero attached hydrogens (tertiary/aromatic N) is 2. The molecule has 0 atom stereocenters. The van der Waals surface area contributed by atoms with Gasteiger partial charge < -0.3 is 14.9 Å². The number of fused-ring (bicyclic) bond motifs is 1. The van der Waals surface area contributed by atoms with E-state index in [-0.39, 0.29) is 0 Å². The number of nitrogens with two attached hydrogens (primary N) is 1. The van der Waals surface area contributed by atoms with E-state index in [2.05, 4.69) is 10.4 Å². The summed E-state index contributed by atoms with van der Waals surface area (Å²) in [6.45, 7) is 1.09. The summed E-state index contributed by atoms with van der Waals surface area (Å²) in [4.78, 5) is 4.33. The maximum atomic E-state index is 8.95. The molecule has 0 bridgehead atoms. The van der Waals surface area contributed by atoms with Gasteiger partial charge in [-0.25, -0.2) is 10.8 Å². The van der Waals surface area contributed by atoms with Gasteiger partial charge in [-0.05, 0) is 30.3 Å². The predicted molar refractivity (Wildman–Crippen MR) is 73.2 cm³/mol. The second kappa shape index (κ2) is 5.07. The molecule has 20 heavy (non-hydrogen) atoms. The highest BCUT2D eigenvalue weighted by Gasteiger charge is 2.13. The van der Waals surface area contributed by atoms with Crippen LogP contribution in [0.3, 0.4) is 0 Å². The number of nitrogen functional groups attached to an aromatic ring is 1. The minimum Gasteiger partial charge on any atom is -0.486 e. The van der Waals surface area contributed by atoms with E-state index < -0.39 is 0 Å². The summed E-state index contributed by atoms with van der Waals surface area (Å²) in [5.74, 6) is 7.15. The normalized spacial score (nSPS) is 12.6. The lowest BCUT2D eigenvalue weighted by atomic mass is 10.1. The first-order chi connectivity index (χ1) is 9.81. The number of hydrogen-bond donors (Lipinski definition) is 2. The Labute approximate surface area is 115 Å². The van der Waals surface area contributed by atoms with E-state index in [0.29, 0.717) is 36.0 Å². The molecule has 2 heterocycles. The third kappa shape index (κ3) is 2.11. The number of pyridine rings is 1. The van der Waals surface area contributed by atoms with Gasteiger partial charge in [0.1, 0.15) is 19.3 Å². The summed E-state index contributed by atoms with van der Waals surface area (Å²) in [5, 5.41) is 8.95. The second-order valence-corrected chi connectivity index (χ2v) is 4.21. The summed E-state index contributed by atoms with van der Waals surface area (Å²) in [5.41, 5.74) is 4.40. The molecule has 6 nitrogen and oxygen atoms in total. The summed E-state index contributed by atoms with van der Waals surface area (Å²) in [6, 6.07) is 11.1. The van der Waals surface area contributed by atoms with Crippen molar-refractivity contribution in [3.05, 3.63) is 35.9 Å². The molecule has 3 rings (SSSR count). The Hall–Kier alpha value is -2.78. The molecule has 0 unspecified atom stereocenters. The van der Waals surface area contributed by atoms with Crippen LogP contribution in [0.2, 0.25) is 0 Å². The Bertz CT molecular complexity index is 694. The van der Waals surface area contributed by atoms with E-state index in [1.807, 2.05) is 24.3 Å². The quantitative estimate of drug-likeness (QED) is 0.635. The van der Waals surface area contributed by atoms with Crippen molar-refractivity contribution in [2.45, 2.75) is 0 Å². The number of hydrazine groups is 1. The Balaban J connectivity index is 2.03. The van der Waals surface area contributed by atoms with Crippen molar-refractivity contribution in [2.24, 2.45) is 5.84 Å². The molecule has 1 aliphatic heterocycles. The molecule has 0 amide bonds. The Morgan fingerprint density at radius 2 is 1.95 bits per heavy atom. The van der Waals surface area contributed by atoms with Crippen LogP contribution < -0.4 is 20.7 Å². The topological polar surface area (TPSA) is 93.2 Å². The lowest BCUT2D eigenvalue weighted by Gasteiger charge is -2.18. The zero-order chi connectivity index (χ0) is 13.9. The van der Waals surface area contributed by atoms with Crippen molar-refractivity contribution in [1.29, 1.82) is 5.26 Å². The molecule has 1 aromatic heterocycles. The van der Waals surface area contributed by atoms with E-state index >= 15 is 0 Å². The van der Waals surface area contributed by atoms with Crippen LogP contribution in [0.4, 0.5) is 5.82 Å². The minimum absolute atomic E-state index is 0.347. The number of nitrogens with one attached hydrogen (secondary N) is 1. The van der Waals surface area contributed by atoms with Crippen LogP contribution in [-0.4, -0.2) is 18.2 Å². The largest absolute Gasteiger partial charge is 0.486 e. The molecule has 0 radical (unpaired) electrons. The zero-order valence-electron chi connectivity index (χ0n) is 10.6. The fourth-order valence-corrected chi connectivity index (χ4v) is 2.02. The van der Waals surface area contributed by atoms with Gasteiger partial charge in [0.15, 0.2) is 17.3 Å². The van der Waals surface area contributed by atoms with Crippen LogP contribution in [0.1, 0.15) is 5.56 Å². The van der Waals surface area contributed by atoms with Crippen LogP contribution in [0, 0.1) is 11.3 Å². The highest BCUT2D eigenvalue weighted by Crippen LogP contribution is 2.34. The first-order valence-electron chi connectivity index (χ1n) is 6.09. The molecule has 6 heteroatoms. The molecule has 0 saturated heterocycles. The highest BCUT2D eigenvalue weighted by molar-refractivity contribution is 5.67. The number of ether oxygens (including phenoxy) is 2. The van der Waals surface area contributed by atoms with E-state index in [9.17, 15) is 0 Å². The van der Waals surface area contributed by atoms with Gasteiger partial charge in [-0.1, -0.05) is 0 Å². The molecule has 0 fully saturated rings. The van der Waals surface area contributed by atoms with Crippen LogP contribution in [0.5, 0.6) is 11.5 Å². The fourth-order valence-electron chi connectivity index (χ4n) is 2.02. The second-order valence-electron chi connectivity index (χ2n) is 4.21. The molecule has 2 aromatic rings. The lowest BCUT2D eigenvalue weighted by Crippen LogP contribution is -2.15. The maximum Gasteiger partial charge on any atom is 0.162 e. The van der Waals surface area contributed by atoms with E-state index in [1.54, 1.807) is 12.1 Å². The third-order valence-corrected chi connectivity index (χ3v) is 2.99. The zero-order valence-corrected chi connectivity index (χ0v) is 10.6. The van der Waals surface area contributed by atoms with E-state index in [1.165, 1.54) is 0 Å². The monoisotopic (exact) mass is 268 g/mol. The van der Waals surface area contributed by atoms with Crippen molar-refractivity contribution in [1.82, 2.24) is 4.98 Å². The molecule has 0 saturated carbocycles. The van der Waals surface area contributed by atoms with Crippen molar-refractivity contribution in [3.8, 4) is 28.8 Å². The maximum absolute atomic E-state index is 8.95. The first-order valence-corrected chi connectivity index (χ1v) is 6.09. The Morgan fingerprint density at radius 3 is 2.70 bits per heavy atom. The van der Waals surface area contributed by atoms with Crippen LogP contribution in [0.25, 0.3) is 11.3 Å². The summed E-state index contributed by atoms with van der Waals surface area (Å²) in [7, 11) is 0. The summed E-state index contributed by atoms with van der Waals surface area (Å²) in [6.07, 6.45) is 0. The van der Waals surface area contributed by atoms with Gasteiger partial charge >= 0.3 is 0 Å². The Morgan fingerprint density at radius 1 is 1.15 bits per heavy atom. The Kier molecular flexibility index (Phi) is 3.11. The standard InChI is InChI=1S/C14H12N4O2/c15-8-10-1-3-11(17-14(10)18-16)9-2-4-12-13(7-9)20-6-5-19-12/h1-4,7H,5-6,16H2,(H,17,18). The van der Waals surface area contributed by atoms with Gasteiger partial charge in [0.25, 0.3) is 0 Å². The molecule has 1 aromatic carbocycles. The van der Waals surface area contributed by atoms with Crippen LogP contribution in [0.15, 0.2) is 30.3 Å². The van der Waals surface area contributed by atoms with Crippen molar-refractivity contribution in [2.75, 3.05) is 18.6 Å². The van der Waals surface area contributed by atoms with Crippen LogP contribution in [-0.2, 0) is 0 Å². The van der Waals surface area contributed by atoms with Gasteiger partial charge in [-0.2, -0.15) is 5.26 Å². The molecule has 0 spiro atoms. The number of hydrogen-bond acceptors (Lipinski definition) is 6. The molecule has 100 valence electrons. The van der Waals surface area contributed by atoms with Crippen molar-refractivity contribution < 1.29 is 9.47 Å². The van der Waals surface area contributed by atoms with Gasteiger partial charge in [0.2, 0.25) is 0 Å². The van der Waals surface area contributed by atoms with Gasteiger partial charge in [-0.3, -0.25) is 0 Å². The fraction of sp³-hybridized carbons (Fsp3) is 0.143. The number of rotatable bonds is 2. The summed E-state index contributed by atoms with van der Waals surface area (Å²) >= 11 is 0. The number of nitriles is 1. The van der Waals surface area contributed by atoms with E-state index in [4.69, 9.17) is 20.6 Å². The first kappa shape index (κ1) is 12.3. The average Bonchev–Trinajstić information content (AvgIpc) is 2.53. The highest BCUT2D eigenvalue weighted by atomic mass is 16.6.